The van der Waals surface area contributed by atoms with Gasteiger partial charge in [0, 0.05) is 9.52 Å². The molecule has 1 fully saturated rings. The average molecular weight is 190 g/mol. The Kier molecular flexibility index (Phi) is 2.54. The molecule has 70 valence electrons. The average Bonchev–Trinajstić information content (AvgIpc) is 2.13. The van der Waals surface area contributed by atoms with Gasteiger partial charge in [0.2, 0.25) is 0 Å². The lowest BCUT2D eigenvalue weighted by molar-refractivity contribution is 0.333. The Labute approximate surface area is 83.2 Å². The molecule has 0 aliphatic heterocycles. The van der Waals surface area contributed by atoms with Crippen molar-refractivity contribution in [2.24, 2.45) is 0 Å². The van der Waals surface area contributed by atoms with E-state index in [1.54, 1.807) is 5.56 Å². The zero-order valence-corrected chi connectivity index (χ0v) is 9.84. The Bertz CT molecular complexity index is 256. The Morgan fingerprint density at radius 3 is 2.38 bits per heavy atom. The molecule has 1 saturated carbocycles. The summed E-state index contributed by atoms with van der Waals surface area (Å²) in [4.78, 5) is 0. The molecule has 0 unspecified atom stereocenters. The molecule has 0 saturated heterocycles. The highest BCUT2D eigenvalue weighted by Crippen LogP contribution is 2.49. The van der Waals surface area contributed by atoms with Gasteiger partial charge in [-0.25, -0.2) is 0 Å². The minimum Gasteiger partial charge on any atom is -0.0744 e. The van der Waals surface area contributed by atoms with Crippen molar-refractivity contribution in [2.75, 3.05) is 0 Å². The van der Waals surface area contributed by atoms with Crippen LogP contribution in [0.25, 0.3) is 0 Å². The van der Waals surface area contributed by atoms with E-state index in [1.807, 2.05) is 0 Å². The maximum atomic E-state index is 2.47. The minimum absolute atomic E-state index is 0.174. The third-order valence-electron chi connectivity index (χ3n) is 3.59. The van der Waals surface area contributed by atoms with Crippen molar-refractivity contribution in [1.29, 1.82) is 0 Å². The normalized spacial score (nSPS) is 20.4. The fourth-order valence-corrected chi connectivity index (χ4v) is 4.11. The van der Waals surface area contributed by atoms with Crippen LogP contribution in [0.2, 0.25) is 11.6 Å². The molecular weight excluding hydrogens is 172 g/mol. The summed E-state index contributed by atoms with van der Waals surface area (Å²) in [6.45, 7) is 2.47. The summed E-state index contributed by atoms with van der Waals surface area (Å²) in [5.41, 5.74) is 1.55. The molecule has 0 N–H and O–H groups in total. The van der Waals surface area contributed by atoms with Crippen molar-refractivity contribution in [1.82, 2.24) is 0 Å². The van der Waals surface area contributed by atoms with Crippen LogP contribution in [0.15, 0.2) is 30.3 Å². The standard InChI is InChI=1S/C12H18Si/c1-13-12(8-5-9-12)10-11-6-3-2-4-7-11/h2-4,6-7H,5,8-10,13H2,1H3. The molecule has 0 heterocycles. The van der Waals surface area contributed by atoms with Crippen molar-refractivity contribution in [2.45, 2.75) is 37.3 Å². The van der Waals surface area contributed by atoms with Crippen LogP contribution in [0.4, 0.5) is 0 Å². The summed E-state index contributed by atoms with van der Waals surface area (Å²) in [6, 6.07) is 11.0. The second-order valence-electron chi connectivity index (χ2n) is 4.37. The molecule has 0 amide bonds. The second kappa shape index (κ2) is 3.67. The summed E-state index contributed by atoms with van der Waals surface area (Å²) in [5.74, 6) is 0. The van der Waals surface area contributed by atoms with Crippen LogP contribution >= 0.6 is 0 Å². The molecule has 1 heteroatoms. The van der Waals surface area contributed by atoms with Gasteiger partial charge in [-0.15, -0.1) is 0 Å². The maximum absolute atomic E-state index is 2.47. The van der Waals surface area contributed by atoms with E-state index in [1.165, 1.54) is 25.7 Å². The van der Waals surface area contributed by atoms with Gasteiger partial charge in [0.25, 0.3) is 0 Å². The first-order chi connectivity index (χ1) is 6.35. The molecule has 1 aliphatic rings. The number of hydrogen-bond donors (Lipinski definition) is 0. The lowest BCUT2D eigenvalue weighted by Crippen LogP contribution is -2.29. The van der Waals surface area contributed by atoms with Crippen molar-refractivity contribution in [3.8, 4) is 0 Å². The molecule has 0 bridgehead atoms. The number of hydrogen-bond acceptors (Lipinski definition) is 0. The molecule has 0 atom stereocenters. The van der Waals surface area contributed by atoms with Crippen molar-refractivity contribution in [3.05, 3.63) is 35.9 Å². The van der Waals surface area contributed by atoms with Crippen LogP contribution in [-0.2, 0) is 6.42 Å². The van der Waals surface area contributed by atoms with E-state index in [4.69, 9.17) is 0 Å². The van der Waals surface area contributed by atoms with E-state index in [0.29, 0.717) is 0 Å². The van der Waals surface area contributed by atoms with Crippen LogP contribution in [-0.4, -0.2) is 9.52 Å². The summed E-state index contributed by atoms with van der Waals surface area (Å²) < 4.78 is 0. The fraction of sp³-hybridized carbons (Fsp3) is 0.500. The Morgan fingerprint density at radius 2 is 1.92 bits per heavy atom. The quantitative estimate of drug-likeness (QED) is 0.643. The molecule has 0 aromatic heterocycles. The summed E-state index contributed by atoms with van der Waals surface area (Å²) in [6.07, 6.45) is 5.85. The van der Waals surface area contributed by atoms with Gasteiger partial charge in [-0.3, -0.25) is 0 Å². The van der Waals surface area contributed by atoms with Crippen LogP contribution in [0, 0.1) is 0 Å². The number of rotatable bonds is 3. The van der Waals surface area contributed by atoms with E-state index in [0.717, 1.165) is 5.04 Å². The maximum Gasteiger partial charge on any atom is 0.0244 e. The molecule has 1 aromatic carbocycles. The van der Waals surface area contributed by atoms with Gasteiger partial charge in [-0.05, 0) is 17.0 Å². The lowest BCUT2D eigenvalue weighted by atomic mass is 9.79. The van der Waals surface area contributed by atoms with E-state index < -0.39 is 0 Å². The van der Waals surface area contributed by atoms with E-state index in [9.17, 15) is 0 Å². The van der Waals surface area contributed by atoms with Gasteiger partial charge >= 0.3 is 0 Å². The fourth-order valence-electron chi connectivity index (χ4n) is 2.36. The Hall–Kier alpha value is -0.563. The smallest absolute Gasteiger partial charge is 0.0244 e. The largest absolute Gasteiger partial charge is 0.0744 e. The number of benzene rings is 1. The highest BCUT2D eigenvalue weighted by atomic mass is 28.2. The highest BCUT2D eigenvalue weighted by Gasteiger charge is 2.34. The summed E-state index contributed by atoms with van der Waals surface area (Å²) in [5, 5.41) is 0.807. The van der Waals surface area contributed by atoms with E-state index in [2.05, 4.69) is 36.9 Å². The van der Waals surface area contributed by atoms with Gasteiger partial charge < -0.3 is 0 Å². The van der Waals surface area contributed by atoms with Crippen LogP contribution < -0.4 is 0 Å². The van der Waals surface area contributed by atoms with Crippen LogP contribution in [0.5, 0.6) is 0 Å². The van der Waals surface area contributed by atoms with Gasteiger partial charge in [0.05, 0.1) is 0 Å². The first kappa shape index (κ1) is 9.01. The van der Waals surface area contributed by atoms with Crippen molar-refractivity contribution >= 4 is 9.52 Å². The topological polar surface area (TPSA) is 0 Å². The zero-order valence-electron chi connectivity index (χ0n) is 8.42. The third kappa shape index (κ3) is 1.85. The van der Waals surface area contributed by atoms with Crippen molar-refractivity contribution in [3.63, 3.8) is 0 Å². The zero-order chi connectivity index (χ0) is 9.15. The molecule has 1 aromatic rings. The van der Waals surface area contributed by atoms with Crippen LogP contribution in [0.3, 0.4) is 0 Å². The molecule has 1 aliphatic carbocycles. The highest BCUT2D eigenvalue weighted by molar-refractivity contribution is 6.38. The monoisotopic (exact) mass is 190 g/mol. The molecule has 0 nitrogen and oxygen atoms in total. The summed E-state index contributed by atoms with van der Waals surface area (Å²) >= 11 is 0. The molecular formula is C12H18Si. The van der Waals surface area contributed by atoms with Gasteiger partial charge in [-0.1, -0.05) is 56.1 Å². The Balaban J connectivity index is 2.05. The first-order valence-electron chi connectivity index (χ1n) is 5.39. The van der Waals surface area contributed by atoms with Gasteiger partial charge in [0.1, 0.15) is 0 Å². The van der Waals surface area contributed by atoms with Gasteiger partial charge in [-0.2, -0.15) is 0 Å². The van der Waals surface area contributed by atoms with Crippen LogP contribution in [0.1, 0.15) is 24.8 Å². The SMILES string of the molecule is C[SiH2]C1(Cc2ccccc2)CCC1. The lowest BCUT2D eigenvalue weighted by Gasteiger charge is -2.41. The first-order valence-corrected chi connectivity index (χ1v) is 7.51. The van der Waals surface area contributed by atoms with E-state index >= 15 is 0 Å². The molecule has 13 heavy (non-hydrogen) atoms. The van der Waals surface area contributed by atoms with E-state index in [-0.39, 0.29) is 9.52 Å². The summed E-state index contributed by atoms with van der Waals surface area (Å²) in [7, 11) is 0.174. The molecule has 0 radical (unpaired) electrons. The predicted molar refractivity (Wildman–Crippen MR) is 61.1 cm³/mol. The predicted octanol–water partition coefficient (Wildman–Crippen LogP) is 2.79. The third-order valence-corrected chi connectivity index (χ3v) is 6.04. The molecule has 2 rings (SSSR count). The molecule has 0 spiro atoms. The van der Waals surface area contributed by atoms with Crippen molar-refractivity contribution < 1.29 is 0 Å². The Morgan fingerprint density at radius 1 is 1.23 bits per heavy atom. The second-order valence-corrected chi connectivity index (χ2v) is 6.58. The minimum atomic E-state index is 0.174. The van der Waals surface area contributed by atoms with Gasteiger partial charge in [0.15, 0.2) is 0 Å².